The van der Waals surface area contributed by atoms with Crippen molar-refractivity contribution in [3.05, 3.63) is 0 Å². The fourth-order valence-electron chi connectivity index (χ4n) is 0.267. The molecule has 9 heteroatoms. The molecule has 0 aliphatic carbocycles. The van der Waals surface area contributed by atoms with Crippen molar-refractivity contribution in [2.75, 3.05) is 0 Å². The third-order valence-corrected chi connectivity index (χ3v) is 1.40. The number of halogens is 6. The van der Waals surface area contributed by atoms with Crippen molar-refractivity contribution in [3.63, 3.8) is 0 Å². The summed E-state index contributed by atoms with van der Waals surface area (Å²) in [6.45, 7) is 0. The molecule has 76 valence electrons. The maximum atomic E-state index is 10.8. The number of Topliss-reactive ketones (excluding diaryl/α,β-unsaturated/α-hetero) is 1. The predicted octanol–water partition coefficient (Wildman–Crippen LogP) is 2.80. The van der Waals surface area contributed by atoms with Crippen LogP contribution in [-0.2, 0) is 14.3 Å². The fraction of sp³-hybridized carbons (Fsp3) is 0.500. The number of ketones is 1. The zero-order valence-corrected chi connectivity index (χ0v) is 10.0. The molecule has 0 aromatic carbocycles. The van der Waals surface area contributed by atoms with E-state index in [9.17, 15) is 9.59 Å². The minimum absolute atomic E-state index is 1.44. The van der Waals surface area contributed by atoms with Crippen molar-refractivity contribution in [2.45, 2.75) is 7.77 Å². The summed E-state index contributed by atoms with van der Waals surface area (Å²) >= 11 is 30.3. The standard InChI is InChI=1S/C4Cl6O3/c5-3(6,7)1(11)2(12)13-4(8,9)10. The summed E-state index contributed by atoms with van der Waals surface area (Å²) in [5, 5.41) is 0. The minimum Gasteiger partial charge on any atom is -0.409 e. The molecule has 0 radical (unpaired) electrons. The van der Waals surface area contributed by atoms with E-state index in [2.05, 4.69) is 4.74 Å². The van der Waals surface area contributed by atoms with Crippen molar-refractivity contribution in [1.82, 2.24) is 0 Å². The van der Waals surface area contributed by atoms with E-state index in [-0.39, 0.29) is 0 Å². The van der Waals surface area contributed by atoms with Crippen LogP contribution in [0.4, 0.5) is 0 Å². The Kier molecular flexibility index (Phi) is 4.91. The van der Waals surface area contributed by atoms with E-state index in [0.717, 1.165) is 0 Å². The van der Waals surface area contributed by atoms with Gasteiger partial charge in [0.2, 0.25) is 0 Å². The third kappa shape index (κ3) is 6.05. The van der Waals surface area contributed by atoms with E-state index in [0.29, 0.717) is 0 Å². The van der Waals surface area contributed by atoms with Gasteiger partial charge in [-0.3, -0.25) is 4.79 Å². The van der Waals surface area contributed by atoms with Gasteiger partial charge in [-0.15, -0.1) is 0 Å². The molecule has 0 unspecified atom stereocenters. The molecule has 0 amide bonds. The topological polar surface area (TPSA) is 43.4 Å². The van der Waals surface area contributed by atoms with Crippen molar-refractivity contribution in [3.8, 4) is 0 Å². The normalized spacial score (nSPS) is 12.5. The lowest BCUT2D eigenvalue weighted by Gasteiger charge is -2.13. The Bertz CT molecular complexity index is 225. The first-order valence-corrected chi connectivity index (χ1v) is 4.72. The second-order valence-electron chi connectivity index (χ2n) is 1.66. The third-order valence-electron chi connectivity index (χ3n) is 0.651. The Balaban J connectivity index is 4.40. The number of hydrogen-bond donors (Lipinski definition) is 0. The van der Waals surface area contributed by atoms with Gasteiger partial charge in [-0.25, -0.2) is 4.79 Å². The van der Waals surface area contributed by atoms with Gasteiger partial charge in [0.25, 0.3) is 9.58 Å². The molecule has 0 aliphatic heterocycles. The van der Waals surface area contributed by atoms with Gasteiger partial charge in [-0.2, -0.15) is 0 Å². The Morgan fingerprint density at radius 3 is 1.54 bits per heavy atom. The van der Waals surface area contributed by atoms with Crippen molar-refractivity contribution >= 4 is 81.4 Å². The number of ether oxygens (including phenoxy) is 1. The summed E-state index contributed by atoms with van der Waals surface area (Å²) in [5.74, 6) is -2.98. The number of rotatable bonds is 1. The second kappa shape index (κ2) is 4.60. The first-order chi connectivity index (χ1) is 5.54. The van der Waals surface area contributed by atoms with Crippen molar-refractivity contribution < 1.29 is 14.3 Å². The molecule has 0 atom stereocenters. The summed E-state index contributed by atoms with van der Waals surface area (Å²) in [7, 11) is 0. The molecule has 0 aromatic heterocycles. The van der Waals surface area contributed by atoms with E-state index >= 15 is 0 Å². The van der Waals surface area contributed by atoms with Crippen LogP contribution in [0.15, 0.2) is 0 Å². The molecule has 0 heterocycles. The van der Waals surface area contributed by atoms with Gasteiger partial charge < -0.3 is 4.74 Å². The summed E-state index contributed by atoms with van der Waals surface area (Å²) in [5.41, 5.74) is 0. The lowest BCUT2D eigenvalue weighted by molar-refractivity contribution is -0.154. The lowest BCUT2D eigenvalue weighted by atomic mass is 10.4. The maximum absolute atomic E-state index is 10.8. The van der Waals surface area contributed by atoms with E-state index in [4.69, 9.17) is 69.6 Å². The average molecular weight is 309 g/mol. The summed E-state index contributed by atoms with van der Waals surface area (Å²) < 4.78 is -0.802. The first-order valence-electron chi connectivity index (χ1n) is 2.45. The molecule has 0 aromatic rings. The molecular formula is C4Cl6O3. The molecule has 0 rings (SSSR count). The molecule has 0 aliphatic rings. The van der Waals surface area contributed by atoms with Crippen LogP contribution in [0.3, 0.4) is 0 Å². The zero-order chi connectivity index (χ0) is 10.9. The highest BCUT2D eigenvalue weighted by Crippen LogP contribution is 2.31. The zero-order valence-electron chi connectivity index (χ0n) is 5.49. The van der Waals surface area contributed by atoms with Crippen LogP contribution in [0, 0.1) is 0 Å². The summed E-state index contributed by atoms with van der Waals surface area (Å²) in [4.78, 5) is 21.5. The van der Waals surface area contributed by atoms with E-state index in [1.165, 1.54) is 0 Å². The fourth-order valence-corrected chi connectivity index (χ4v) is 0.709. The number of carbonyl (C=O) groups is 2. The van der Waals surface area contributed by atoms with Crippen molar-refractivity contribution in [1.29, 1.82) is 0 Å². The van der Waals surface area contributed by atoms with Crippen LogP contribution in [0.25, 0.3) is 0 Å². The second-order valence-corrected chi connectivity index (χ2v) is 6.12. The van der Waals surface area contributed by atoms with Gasteiger partial charge in [0.15, 0.2) is 0 Å². The summed E-state index contributed by atoms with van der Waals surface area (Å²) in [6.07, 6.45) is 0. The molecule has 3 nitrogen and oxygen atoms in total. The molecule has 0 saturated carbocycles. The largest absolute Gasteiger partial charge is 0.409 e. The smallest absolute Gasteiger partial charge is 0.382 e. The lowest BCUT2D eigenvalue weighted by Crippen LogP contribution is -2.32. The molecule has 0 spiro atoms. The molecule has 13 heavy (non-hydrogen) atoms. The van der Waals surface area contributed by atoms with E-state index < -0.39 is 19.5 Å². The van der Waals surface area contributed by atoms with Gasteiger partial charge in [0.1, 0.15) is 0 Å². The number of carbonyl (C=O) groups excluding carboxylic acids is 2. The van der Waals surface area contributed by atoms with Gasteiger partial charge in [0.05, 0.1) is 0 Å². The van der Waals surface area contributed by atoms with Crippen LogP contribution in [-0.4, -0.2) is 19.5 Å². The van der Waals surface area contributed by atoms with Crippen molar-refractivity contribution in [2.24, 2.45) is 0 Å². The van der Waals surface area contributed by atoms with E-state index in [1.807, 2.05) is 0 Å². The molecular weight excluding hydrogens is 309 g/mol. The van der Waals surface area contributed by atoms with Gasteiger partial charge in [-0.1, -0.05) is 34.8 Å². The highest BCUT2D eigenvalue weighted by molar-refractivity contribution is 6.81. The molecule has 0 bridgehead atoms. The number of esters is 1. The monoisotopic (exact) mass is 306 g/mol. The highest BCUT2D eigenvalue weighted by atomic mass is 35.6. The molecule has 0 fully saturated rings. The Labute approximate surface area is 103 Å². The Morgan fingerprint density at radius 1 is 0.923 bits per heavy atom. The number of alkyl halides is 6. The Hall–Kier alpha value is 0.880. The Morgan fingerprint density at radius 2 is 1.31 bits per heavy atom. The van der Waals surface area contributed by atoms with Crippen LogP contribution in [0.2, 0.25) is 0 Å². The SMILES string of the molecule is O=C(OC(Cl)(Cl)Cl)C(=O)C(Cl)(Cl)Cl. The van der Waals surface area contributed by atoms with Crippen LogP contribution in [0.5, 0.6) is 0 Å². The predicted molar refractivity (Wildman–Crippen MR) is 51.7 cm³/mol. The minimum atomic E-state index is -2.42. The van der Waals surface area contributed by atoms with Gasteiger partial charge in [0, 0.05) is 0 Å². The first kappa shape index (κ1) is 13.9. The van der Waals surface area contributed by atoms with Crippen LogP contribution >= 0.6 is 69.6 Å². The maximum Gasteiger partial charge on any atom is 0.382 e. The van der Waals surface area contributed by atoms with Gasteiger partial charge >= 0.3 is 9.95 Å². The number of hydrogen-bond acceptors (Lipinski definition) is 3. The average Bonchev–Trinajstić information content (AvgIpc) is 1.79. The van der Waals surface area contributed by atoms with Gasteiger partial charge in [-0.05, 0) is 34.8 Å². The van der Waals surface area contributed by atoms with E-state index in [1.54, 1.807) is 0 Å². The molecule has 0 saturated heterocycles. The quantitative estimate of drug-likeness (QED) is 0.425. The van der Waals surface area contributed by atoms with Crippen LogP contribution < -0.4 is 0 Å². The highest BCUT2D eigenvalue weighted by Gasteiger charge is 2.40. The van der Waals surface area contributed by atoms with Crippen LogP contribution in [0.1, 0.15) is 0 Å². The molecule has 0 N–H and O–H groups in total. The summed E-state index contributed by atoms with van der Waals surface area (Å²) in [6, 6.07) is 0.